The summed E-state index contributed by atoms with van der Waals surface area (Å²) >= 11 is 0. The van der Waals surface area contributed by atoms with E-state index in [4.69, 9.17) is 16.0 Å². The molecule has 1 aromatic carbocycles. The maximum Gasteiger partial charge on any atom is 0.154 e. The van der Waals surface area contributed by atoms with Crippen LogP contribution in [0.1, 0.15) is 25.3 Å². The Morgan fingerprint density at radius 3 is 2.77 bits per heavy atom. The molecule has 0 saturated carbocycles. The fourth-order valence-electron chi connectivity index (χ4n) is 2.09. The van der Waals surface area contributed by atoms with E-state index in [1.165, 1.54) is 6.33 Å². The Morgan fingerprint density at radius 2 is 2.09 bits per heavy atom. The Labute approximate surface area is 129 Å². The highest BCUT2D eigenvalue weighted by Gasteiger charge is 2.15. The SMILES string of the molecule is CCCC(=N)c1c(NN)ncnc1Nc1cccc(OC)c1. The summed E-state index contributed by atoms with van der Waals surface area (Å²) in [5.41, 5.74) is 4.35. The van der Waals surface area contributed by atoms with Gasteiger partial charge in [0.25, 0.3) is 0 Å². The molecule has 22 heavy (non-hydrogen) atoms. The summed E-state index contributed by atoms with van der Waals surface area (Å²) in [4.78, 5) is 8.33. The Bertz CT molecular complexity index is 658. The number of nitrogens with one attached hydrogen (secondary N) is 3. The molecule has 0 fully saturated rings. The highest BCUT2D eigenvalue weighted by atomic mass is 16.5. The van der Waals surface area contributed by atoms with Crippen molar-refractivity contribution in [3.8, 4) is 5.75 Å². The monoisotopic (exact) mass is 300 g/mol. The van der Waals surface area contributed by atoms with Gasteiger partial charge in [-0.05, 0) is 18.6 Å². The first-order chi connectivity index (χ1) is 10.7. The van der Waals surface area contributed by atoms with Gasteiger partial charge in [-0.3, -0.25) is 0 Å². The van der Waals surface area contributed by atoms with Gasteiger partial charge in [0.15, 0.2) is 5.82 Å². The lowest BCUT2D eigenvalue weighted by Crippen LogP contribution is -2.16. The first-order valence-electron chi connectivity index (χ1n) is 7.00. The van der Waals surface area contributed by atoms with Gasteiger partial charge in [0.2, 0.25) is 0 Å². The van der Waals surface area contributed by atoms with Crippen LogP contribution in [0.5, 0.6) is 5.75 Å². The van der Waals surface area contributed by atoms with Gasteiger partial charge < -0.3 is 20.9 Å². The molecule has 5 N–H and O–H groups in total. The zero-order valence-electron chi connectivity index (χ0n) is 12.7. The predicted octanol–water partition coefficient (Wildman–Crippen LogP) is 2.68. The molecule has 0 spiro atoms. The highest BCUT2D eigenvalue weighted by molar-refractivity contribution is 6.06. The van der Waals surface area contributed by atoms with E-state index in [9.17, 15) is 0 Å². The summed E-state index contributed by atoms with van der Waals surface area (Å²) < 4.78 is 5.21. The van der Waals surface area contributed by atoms with Gasteiger partial charge in [0, 0.05) is 17.5 Å². The van der Waals surface area contributed by atoms with E-state index < -0.39 is 0 Å². The average molecular weight is 300 g/mol. The number of nitrogen functional groups attached to an aromatic ring is 1. The molecule has 0 saturated heterocycles. The number of benzene rings is 1. The van der Waals surface area contributed by atoms with Crippen molar-refractivity contribution in [2.24, 2.45) is 5.84 Å². The molecular weight excluding hydrogens is 280 g/mol. The van der Waals surface area contributed by atoms with Crippen molar-refractivity contribution < 1.29 is 4.74 Å². The molecule has 0 bridgehead atoms. The number of nitrogens with zero attached hydrogens (tertiary/aromatic N) is 2. The molecule has 116 valence electrons. The van der Waals surface area contributed by atoms with Crippen LogP contribution in [-0.4, -0.2) is 22.8 Å². The predicted molar refractivity (Wildman–Crippen MR) is 87.9 cm³/mol. The van der Waals surface area contributed by atoms with Crippen LogP contribution in [0.3, 0.4) is 0 Å². The third kappa shape index (κ3) is 3.50. The molecule has 0 unspecified atom stereocenters. The lowest BCUT2D eigenvalue weighted by Gasteiger charge is -2.15. The van der Waals surface area contributed by atoms with Crippen molar-refractivity contribution in [3.63, 3.8) is 0 Å². The number of methoxy groups -OCH3 is 1. The van der Waals surface area contributed by atoms with Crippen LogP contribution in [0.15, 0.2) is 30.6 Å². The Morgan fingerprint density at radius 1 is 1.32 bits per heavy atom. The average Bonchev–Trinajstić information content (AvgIpc) is 2.55. The molecular formula is C15H20N6O. The molecule has 0 aliphatic rings. The van der Waals surface area contributed by atoms with E-state index in [0.717, 1.165) is 17.9 Å². The molecule has 2 aromatic rings. The topological polar surface area (TPSA) is 109 Å². The van der Waals surface area contributed by atoms with Crippen LogP contribution < -0.4 is 21.3 Å². The maximum atomic E-state index is 8.22. The molecule has 0 amide bonds. The third-order valence-electron chi connectivity index (χ3n) is 3.12. The minimum Gasteiger partial charge on any atom is -0.497 e. The van der Waals surface area contributed by atoms with E-state index >= 15 is 0 Å². The van der Waals surface area contributed by atoms with Crippen molar-refractivity contribution in [2.75, 3.05) is 17.9 Å². The van der Waals surface area contributed by atoms with E-state index in [0.29, 0.717) is 29.3 Å². The summed E-state index contributed by atoms with van der Waals surface area (Å²) in [5, 5.41) is 11.4. The van der Waals surface area contributed by atoms with Crippen molar-refractivity contribution in [1.29, 1.82) is 5.41 Å². The van der Waals surface area contributed by atoms with Crippen molar-refractivity contribution in [2.45, 2.75) is 19.8 Å². The summed E-state index contributed by atoms with van der Waals surface area (Å²) in [7, 11) is 1.61. The summed E-state index contributed by atoms with van der Waals surface area (Å²) in [6, 6.07) is 7.48. The fourth-order valence-corrected chi connectivity index (χ4v) is 2.09. The number of aromatic nitrogens is 2. The van der Waals surface area contributed by atoms with Crippen LogP contribution in [0.25, 0.3) is 0 Å². The molecule has 1 aromatic heterocycles. The lowest BCUT2D eigenvalue weighted by molar-refractivity contribution is 0.415. The maximum absolute atomic E-state index is 8.22. The van der Waals surface area contributed by atoms with Gasteiger partial charge in [-0.15, -0.1) is 0 Å². The normalized spacial score (nSPS) is 10.1. The first-order valence-corrected chi connectivity index (χ1v) is 7.00. The zero-order valence-corrected chi connectivity index (χ0v) is 12.7. The van der Waals surface area contributed by atoms with Crippen LogP contribution in [0, 0.1) is 5.41 Å². The van der Waals surface area contributed by atoms with Gasteiger partial charge in [-0.2, -0.15) is 0 Å². The molecule has 7 nitrogen and oxygen atoms in total. The Kier molecular flexibility index (Phi) is 5.26. The number of nitrogens with two attached hydrogens (primary N) is 1. The molecule has 1 heterocycles. The lowest BCUT2D eigenvalue weighted by atomic mass is 10.1. The van der Waals surface area contributed by atoms with E-state index in [1.807, 2.05) is 31.2 Å². The number of rotatable bonds is 7. The number of ether oxygens (including phenoxy) is 1. The second-order valence-electron chi connectivity index (χ2n) is 4.68. The quantitative estimate of drug-likeness (QED) is 0.355. The fraction of sp³-hybridized carbons (Fsp3) is 0.267. The van der Waals surface area contributed by atoms with Gasteiger partial charge in [0.05, 0.1) is 12.7 Å². The van der Waals surface area contributed by atoms with Crippen LogP contribution in [0.4, 0.5) is 17.3 Å². The molecule has 2 rings (SSSR count). The van der Waals surface area contributed by atoms with E-state index in [2.05, 4.69) is 20.7 Å². The molecule has 0 aliphatic heterocycles. The molecule has 0 aliphatic carbocycles. The number of hydrogen-bond acceptors (Lipinski definition) is 7. The number of anilines is 3. The summed E-state index contributed by atoms with van der Waals surface area (Å²) in [6.45, 7) is 2.02. The van der Waals surface area contributed by atoms with E-state index in [-0.39, 0.29) is 0 Å². The van der Waals surface area contributed by atoms with E-state index in [1.54, 1.807) is 7.11 Å². The van der Waals surface area contributed by atoms with Crippen LogP contribution >= 0.6 is 0 Å². The van der Waals surface area contributed by atoms with Gasteiger partial charge in [0.1, 0.15) is 17.9 Å². The standard InChI is InChI=1S/C15H20N6O/c1-3-5-12(16)13-14(18-9-19-15(13)21-17)20-10-6-4-7-11(8-10)22-2/h4,6-9,16H,3,5,17H2,1-2H3,(H2,18,19,20,21). The Hall–Kier alpha value is -2.67. The van der Waals surface area contributed by atoms with Crippen molar-refractivity contribution >= 4 is 23.0 Å². The molecule has 7 heteroatoms. The summed E-state index contributed by atoms with van der Waals surface area (Å²) in [6.07, 6.45) is 2.88. The molecule has 0 atom stereocenters. The largest absolute Gasteiger partial charge is 0.497 e. The Balaban J connectivity index is 2.39. The van der Waals surface area contributed by atoms with Crippen LogP contribution in [-0.2, 0) is 0 Å². The zero-order chi connectivity index (χ0) is 15.9. The van der Waals surface area contributed by atoms with Gasteiger partial charge in [-0.1, -0.05) is 19.4 Å². The highest BCUT2D eigenvalue weighted by Crippen LogP contribution is 2.26. The third-order valence-corrected chi connectivity index (χ3v) is 3.12. The van der Waals surface area contributed by atoms with Gasteiger partial charge in [-0.25, -0.2) is 15.8 Å². The second kappa shape index (κ2) is 7.37. The van der Waals surface area contributed by atoms with Crippen molar-refractivity contribution in [3.05, 3.63) is 36.2 Å². The minimum absolute atomic E-state index is 0.429. The smallest absolute Gasteiger partial charge is 0.154 e. The number of hydrogen-bond donors (Lipinski definition) is 4. The van der Waals surface area contributed by atoms with Gasteiger partial charge >= 0.3 is 0 Å². The first kappa shape index (κ1) is 15.7. The summed E-state index contributed by atoms with van der Waals surface area (Å²) in [5.74, 6) is 7.21. The number of hydrazine groups is 1. The van der Waals surface area contributed by atoms with Crippen molar-refractivity contribution in [1.82, 2.24) is 9.97 Å². The second-order valence-corrected chi connectivity index (χ2v) is 4.68. The molecule has 0 radical (unpaired) electrons. The minimum atomic E-state index is 0.429. The van der Waals surface area contributed by atoms with Crippen LogP contribution in [0.2, 0.25) is 0 Å².